The Bertz CT molecular complexity index is 1260. The van der Waals surface area contributed by atoms with Crippen molar-refractivity contribution in [1.82, 2.24) is 30.3 Å². The second-order valence-electron chi connectivity index (χ2n) is 11.7. The standard InChI is InChI=1S/C28H38FN7O3/c1-27(2)13-19(14-28(3,4)35-27)31-26-30-15-22(32-33-26)20-10-9-18(12-23(20)39-17-37-5)21-16-36(34-25(21)29)24-8-6-7-11-38-24/h9-10,12,15-16,19,24,35H,6-8,11,13-14,17H2,1-5H3,(H,30,31,33). The lowest BCUT2D eigenvalue weighted by molar-refractivity contribution is -0.0402. The molecular weight excluding hydrogens is 501 g/mol. The van der Waals surface area contributed by atoms with Crippen LogP contribution >= 0.6 is 0 Å². The number of nitrogens with one attached hydrogen (secondary N) is 2. The zero-order valence-corrected chi connectivity index (χ0v) is 23.3. The third kappa shape index (κ3) is 6.54. The van der Waals surface area contributed by atoms with Crippen LogP contribution in [0.1, 0.15) is 66.0 Å². The highest BCUT2D eigenvalue weighted by Crippen LogP contribution is 2.35. The van der Waals surface area contributed by atoms with E-state index in [1.807, 2.05) is 12.1 Å². The van der Waals surface area contributed by atoms with Gasteiger partial charge in [-0.15, -0.1) is 15.3 Å². The highest BCUT2D eigenvalue weighted by Gasteiger charge is 2.37. The van der Waals surface area contributed by atoms with E-state index in [-0.39, 0.29) is 30.1 Å². The van der Waals surface area contributed by atoms with Crippen molar-refractivity contribution in [2.24, 2.45) is 0 Å². The number of hydrogen-bond donors (Lipinski definition) is 2. The summed E-state index contributed by atoms with van der Waals surface area (Å²) >= 11 is 0. The molecular formula is C28H38FN7O3. The van der Waals surface area contributed by atoms with E-state index in [2.05, 4.69) is 58.6 Å². The topological polar surface area (TPSA) is 108 Å². The number of halogens is 1. The van der Waals surface area contributed by atoms with Gasteiger partial charge < -0.3 is 24.8 Å². The maximum absolute atomic E-state index is 14.9. The Morgan fingerprint density at radius 3 is 2.59 bits per heavy atom. The van der Waals surface area contributed by atoms with Gasteiger partial charge in [0.1, 0.15) is 17.7 Å². The molecule has 0 radical (unpaired) electrons. The predicted octanol–water partition coefficient (Wildman–Crippen LogP) is 4.94. The number of methoxy groups -OCH3 is 1. The molecule has 0 bridgehead atoms. The van der Waals surface area contributed by atoms with Crippen LogP contribution in [0.15, 0.2) is 30.6 Å². The molecule has 2 N–H and O–H groups in total. The van der Waals surface area contributed by atoms with Crippen LogP contribution in [0.3, 0.4) is 0 Å². The fraction of sp³-hybridized carbons (Fsp3) is 0.571. The number of anilines is 1. The van der Waals surface area contributed by atoms with Gasteiger partial charge in [-0.2, -0.15) is 4.39 Å². The molecule has 10 nitrogen and oxygen atoms in total. The van der Waals surface area contributed by atoms with Crippen LogP contribution in [0.5, 0.6) is 5.75 Å². The summed E-state index contributed by atoms with van der Waals surface area (Å²) in [5.41, 5.74) is 2.21. The minimum absolute atomic E-state index is 0.00151. The monoisotopic (exact) mass is 539 g/mol. The van der Waals surface area contributed by atoms with Crippen molar-refractivity contribution in [1.29, 1.82) is 0 Å². The molecule has 5 rings (SSSR count). The lowest BCUT2D eigenvalue weighted by Gasteiger charge is -2.46. The first-order chi connectivity index (χ1) is 18.6. The van der Waals surface area contributed by atoms with Crippen molar-refractivity contribution in [3.05, 3.63) is 36.5 Å². The summed E-state index contributed by atoms with van der Waals surface area (Å²) in [5.74, 6) is 0.400. The summed E-state index contributed by atoms with van der Waals surface area (Å²) < 4.78 is 33.2. The first kappa shape index (κ1) is 27.4. The predicted molar refractivity (Wildman–Crippen MR) is 146 cm³/mol. The number of hydrogen-bond acceptors (Lipinski definition) is 9. The van der Waals surface area contributed by atoms with Crippen LogP contribution in [0, 0.1) is 5.95 Å². The zero-order chi connectivity index (χ0) is 27.6. The third-order valence-corrected chi connectivity index (χ3v) is 7.12. The summed E-state index contributed by atoms with van der Waals surface area (Å²) in [4.78, 5) is 4.54. The Hall–Kier alpha value is -3.15. The highest BCUT2D eigenvalue weighted by molar-refractivity contribution is 5.74. The van der Waals surface area contributed by atoms with Gasteiger partial charge in [-0.05, 0) is 77.5 Å². The average Bonchev–Trinajstić information content (AvgIpc) is 3.28. The normalized spacial score (nSPS) is 21.0. The lowest BCUT2D eigenvalue weighted by atomic mass is 9.80. The Balaban J connectivity index is 1.37. The van der Waals surface area contributed by atoms with E-state index >= 15 is 0 Å². The summed E-state index contributed by atoms with van der Waals surface area (Å²) in [7, 11) is 1.54. The van der Waals surface area contributed by atoms with Gasteiger partial charge in [-0.1, -0.05) is 6.07 Å². The van der Waals surface area contributed by atoms with E-state index in [0.29, 0.717) is 40.7 Å². The van der Waals surface area contributed by atoms with Crippen LogP contribution in [0.2, 0.25) is 0 Å². The smallest absolute Gasteiger partial charge is 0.242 e. The van der Waals surface area contributed by atoms with Crippen LogP contribution in [-0.4, -0.2) is 62.6 Å². The summed E-state index contributed by atoms with van der Waals surface area (Å²) in [6, 6.07) is 5.62. The Morgan fingerprint density at radius 1 is 1.13 bits per heavy atom. The fourth-order valence-corrected chi connectivity index (χ4v) is 5.86. The average molecular weight is 540 g/mol. The van der Waals surface area contributed by atoms with Gasteiger partial charge in [-0.25, -0.2) is 9.67 Å². The molecule has 11 heteroatoms. The number of ether oxygens (including phenoxy) is 3. The molecule has 2 aliphatic heterocycles. The molecule has 0 amide bonds. The number of rotatable bonds is 8. The Kier molecular flexibility index (Phi) is 7.84. The van der Waals surface area contributed by atoms with Gasteiger partial charge in [0.15, 0.2) is 6.79 Å². The van der Waals surface area contributed by atoms with E-state index in [0.717, 1.165) is 32.1 Å². The van der Waals surface area contributed by atoms with Crippen molar-refractivity contribution in [3.63, 3.8) is 0 Å². The van der Waals surface area contributed by atoms with E-state index in [1.165, 1.54) is 0 Å². The maximum Gasteiger partial charge on any atom is 0.242 e. The van der Waals surface area contributed by atoms with E-state index in [9.17, 15) is 4.39 Å². The molecule has 2 fully saturated rings. The molecule has 3 aromatic rings. The SMILES string of the molecule is COCOc1cc(-c2cn(C3CCCCO3)nc2F)ccc1-c1cnc(NC2CC(C)(C)NC(C)(C)C2)nn1. The molecule has 39 heavy (non-hydrogen) atoms. The van der Waals surface area contributed by atoms with Gasteiger partial charge in [0.2, 0.25) is 11.9 Å². The van der Waals surface area contributed by atoms with Crippen LogP contribution in [-0.2, 0) is 9.47 Å². The summed E-state index contributed by atoms with van der Waals surface area (Å²) in [6.07, 6.45) is 7.84. The molecule has 2 aliphatic rings. The van der Waals surface area contributed by atoms with E-state index in [4.69, 9.17) is 14.2 Å². The quantitative estimate of drug-likeness (QED) is 0.385. The van der Waals surface area contributed by atoms with Crippen molar-refractivity contribution in [2.75, 3.05) is 25.8 Å². The molecule has 0 aliphatic carbocycles. The van der Waals surface area contributed by atoms with Crippen molar-refractivity contribution in [2.45, 2.75) is 83.1 Å². The molecule has 1 unspecified atom stereocenters. The zero-order valence-electron chi connectivity index (χ0n) is 23.3. The first-order valence-electron chi connectivity index (χ1n) is 13.5. The molecule has 2 aromatic heterocycles. The Labute approximate surface area is 228 Å². The third-order valence-electron chi connectivity index (χ3n) is 7.12. The minimum atomic E-state index is -0.559. The molecule has 210 valence electrons. The van der Waals surface area contributed by atoms with Crippen molar-refractivity contribution < 1.29 is 18.6 Å². The number of benzene rings is 1. The highest BCUT2D eigenvalue weighted by atomic mass is 19.1. The van der Waals surface area contributed by atoms with Gasteiger partial charge in [-0.3, -0.25) is 0 Å². The lowest BCUT2D eigenvalue weighted by Crippen LogP contribution is -2.60. The minimum Gasteiger partial charge on any atom is -0.467 e. The van der Waals surface area contributed by atoms with E-state index in [1.54, 1.807) is 30.3 Å². The Morgan fingerprint density at radius 2 is 1.92 bits per heavy atom. The van der Waals surface area contributed by atoms with Crippen LogP contribution < -0.4 is 15.4 Å². The molecule has 1 atom stereocenters. The first-order valence-corrected chi connectivity index (χ1v) is 13.5. The molecule has 4 heterocycles. The van der Waals surface area contributed by atoms with Gasteiger partial charge >= 0.3 is 0 Å². The van der Waals surface area contributed by atoms with Crippen LogP contribution in [0.4, 0.5) is 10.3 Å². The summed E-state index contributed by atoms with van der Waals surface area (Å²) in [6.45, 7) is 9.50. The number of nitrogens with zero attached hydrogens (tertiary/aromatic N) is 5. The largest absolute Gasteiger partial charge is 0.467 e. The van der Waals surface area contributed by atoms with Crippen molar-refractivity contribution >= 4 is 5.95 Å². The summed E-state index contributed by atoms with van der Waals surface area (Å²) in [5, 5.41) is 20.0. The van der Waals surface area contributed by atoms with Gasteiger partial charge in [0, 0.05) is 42.6 Å². The van der Waals surface area contributed by atoms with Gasteiger partial charge in [0.25, 0.3) is 0 Å². The second kappa shape index (κ2) is 11.1. The fourth-order valence-electron chi connectivity index (χ4n) is 5.86. The second-order valence-corrected chi connectivity index (χ2v) is 11.7. The van der Waals surface area contributed by atoms with Crippen molar-refractivity contribution in [3.8, 4) is 28.1 Å². The maximum atomic E-state index is 14.9. The molecule has 2 saturated heterocycles. The van der Waals surface area contributed by atoms with Gasteiger partial charge in [0.05, 0.1) is 11.8 Å². The number of piperidine rings is 1. The van der Waals surface area contributed by atoms with Crippen LogP contribution in [0.25, 0.3) is 22.4 Å². The van der Waals surface area contributed by atoms with E-state index < -0.39 is 5.95 Å². The number of aromatic nitrogens is 5. The molecule has 0 saturated carbocycles. The molecule has 0 spiro atoms. The molecule has 1 aromatic carbocycles.